The maximum absolute atomic E-state index is 14.5. The smallest absolute Gasteiger partial charge is 0.244 e. The van der Waals surface area contributed by atoms with Gasteiger partial charge in [-0.25, -0.2) is 26.2 Å². The van der Waals surface area contributed by atoms with Gasteiger partial charge in [0.05, 0.1) is 16.3 Å². The molecule has 0 unspecified atom stereocenters. The minimum absolute atomic E-state index is 0.0708. The Bertz CT molecular complexity index is 1280. The summed E-state index contributed by atoms with van der Waals surface area (Å²) in [5.41, 5.74) is 6.52. The average Bonchev–Trinajstić information content (AvgIpc) is 3.03. The van der Waals surface area contributed by atoms with Crippen LogP contribution < -0.4 is 11.1 Å². The molecule has 1 amide bonds. The van der Waals surface area contributed by atoms with Crippen LogP contribution in [0, 0.1) is 11.6 Å². The number of likely N-dealkylation sites (N-methyl/N-ethyl adjacent to an activating group) is 1. The molecule has 0 spiro atoms. The van der Waals surface area contributed by atoms with Gasteiger partial charge in [-0.3, -0.25) is 4.79 Å². The van der Waals surface area contributed by atoms with E-state index in [1.807, 2.05) is 0 Å². The molecule has 0 aliphatic rings. The third kappa shape index (κ3) is 3.65. The van der Waals surface area contributed by atoms with Crippen molar-refractivity contribution in [3.8, 4) is 0 Å². The number of benzene rings is 2. The van der Waals surface area contributed by atoms with Crippen molar-refractivity contribution in [2.75, 3.05) is 12.8 Å². The van der Waals surface area contributed by atoms with Gasteiger partial charge in [0, 0.05) is 18.7 Å². The lowest BCUT2D eigenvalue weighted by molar-refractivity contribution is -0.116. The summed E-state index contributed by atoms with van der Waals surface area (Å²) in [5.74, 6) is -2.97. The van der Waals surface area contributed by atoms with Gasteiger partial charge in [-0.05, 0) is 43.2 Å². The summed E-state index contributed by atoms with van der Waals surface area (Å²) in [6.45, 7) is 3.01. The van der Waals surface area contributed by atoms with E-state index in [1.165, 1.54) is 51.2 Å². The number of carbonyl (C=O) groups excluding carboxylic acids is 1. The minimum Gasteiger partial charge on any atom is -0.368 e. The zero-order chi connectivity index (χ0) is 22.2. The van der Waals surface area contributed by atoms with E-state index >= 15 is 0 Å². The van der Waals surface area contributed by atoms with Crippen LogP contribution in [0.3, 0.4) is 0 Å². The maximum atomic E-state index is 14.5. The third-order valence-corrected chi connectivity index (χ3v) is 6.65. The van der Waals surface area contributed by atoms with Gasteiger partial charge in [0.15, 0.2) is 11.6 Å². The Balaban J connectivity index is 2.33. The second-order valence-corrected chi connectivity index (χ2v) is 9.14. The van der Waals surface area contributed by atoms with E-state index < -0.39 is 32.8 Å². The molecule has 0 aliphatic heterocycles. The normalized spacial score (nSPS) is 12.5. The molecule has 1 heterocycles. The monoisotopic (exact) mass is 434 g/mol. The molecule has 0 radical (unpaired) electrons. The van der Waals surface area contributed by atoms with E-state index in [-0.39, 0.29) is 28.2 Å². The molecule has 2 aromatic carbocycles. The number of rotatable bonds is 5. The van der Waals surface area contributed by atoms with Crippen LogP contribution in [0.15, 0.2) is 42.5 Å². The van der Waals surface area contributed by atoms with Crippen molar-refractivity contribution < 1.29 is 22.0 Å². The first-order valence-corrected chi connectivity index (χ1v) is 10.5. The number of aromatic nitrogens is 2. The Kier molecular flexibility index (Phi) is 5.62. The van der Waals surface area contributed by atoms with Gasteiger partial charge in [-0.2, -0.15) is 0 Å². The molecule has 10 heteroatoms. The number of carbonyl (C=O) groups is 1. The van der Waals surface area contributed by atoms with Crippen LogP contribution in [0.2, 0.25) is 0 Å². The highest BCUT2D eigenvalue weighted by Gasteiger charge is 2.25. The molecule has 0 aliphatic carbocycles. The van der Waals surface area contributed by atoms with Crippen molar-refractivity contribution in [2.24, 2.45) is 0 Å². The molecule has 158 valence electrons. The number of hydrogen-bond acceptors (Lipinski definition) is 5. The SMILES string of the molecule is CNC(=O)C=C(c1ccc2nc(N)n(S(=O)(=O)C(C)C)c2c1)c1cccc(F)c1F. The molecule has 0 saturated heterocycles. The Morgan fingerprint density at radius 1 is 1.23 bits per heavy atom. The zero-order valence-electron chi connectivity index (χ0n) is 16.5. The van der Waals surface area contributed by atoms with Gasteiger partial charge in [0.25, 0.3) is 0 Å². The van der Waals surface area contributed by atoms with Gasteiger partial charge in [-0.15, -0.1) is 0 Å². The van der Waals surface area contributed by atoms with Crippen molar-refractivity contribution in [2.45, 2.75) is 19.1 Å². The number of halogens is 2. The summed E-state index contributed by atoms with van der Waals surface area (Å²) in [7, 11) is -2.45. The number of nitrogens with two attached hydrogens (primary N) is 1. The zero-order valence-corrected chi connectivity index (χ0v) is 17.3. The van der Waals surface area contributed by atoms with Crippen molar-refractivity contribution >= 4 is 38.5 Å². The molecule has 0 atom stereocenters. The summed E-state index contributed by atoms with van der Waals surface area (Å²) >= 11 is 0. The molecule has 1 aromatic heterocycles. The highest BCUT2D eigenvalue weighted by Crippen LogP contribution is 2.31. The number of imidazole rings is 1. The summed E-state index contributed by atoms with van der Waals surface area (Å²) < 4.78 is 54.8. The van der Waals surface area contributed by atoms with Crippen LogP contribution in [-0.2, 0) is 14.8 Å². The molecule has 3 N–H and O–H groups in total. The summed E-state index contributed by atoms with van der Waals surface area (Å²) in [6.07, 6.45) is 1.11. The molecular formula is C20H20F2N4O3S. The number of hydrogen-bond donors (Lipinski definition) is 2. The Morgan fingerprint density at radius 2 is 1.93 bits per heavy atom. The maximum Gasteiger partial charge on any atom is 0.244 e. The van der Waals surface area contributed by atoms with Crippen molar-refractivity contribution in [1.82, 2.24) is 14.3 Å². The highest BCUT2D eigenvalue weighted by molar-refractivity contribution is 7.90. The second-order valence-electron chi connectivity index (χ2n) is 6.81. The first-order valence-electron chi connectivity index (χ1n) is 8.98. The summed E-state index contributed by atoms with van der Waals surface area (Å²) in [4.78, 5) is 16.1. The lowest BCUT2D eigenvalue weighted by Crippen LogP contribution is -2.23. The molecule has 3 aromatic rings. The predicted molar refractivity (Wildman–Crippen MR) is 111 cm³/mol. The second kappa shape index (κ2) is 7.86. The van der Waals surface area contributed by atoms with Crippen LogP contribution >= 0.6 is 0 Å². The molecular weight excluding hydrogens is 414 g/mol. The van der Waals surface area contributed by atoms with Crippen LogP contribution in [0.5, 0.6) is 0 Å². The molecule has 0 fully saturated rings. The molecule has 7 nitrogen and oxygen atoms in total. The molecule has 30 heavy (non-hydrogen) atoms. The fourth-order valence-corrected chi connectivity index (χ4v) is 4.09. The number of nitrogens with zero attached hydrogens (tertiary/aromatic N) is 2. The Morgan fingerprint density at radius 3 is 2.57 bits per heavy atom. The number of amides is 1. The topological polar surface area (TPSA) is 107 Å². The van der Waals surface area contributed by atoms with Crippen LogP contribution in [0.25, 0.3) is 16.6 Å². The number of anilines is 1. The molecule has 0 bridgehead atoms. The molecule has 0 saturated carbocycles. The quantitative estimate of drug-likeness (QED) is 0.601. The van der Waals surface area contributed by atoms with E-state index in [2.05, 4.69) is 10.3 Å². The fraction of sp³-hybridized carbons (Fsp3) is 0.200. The third-order valence-electron chi connectivity index (χ3n) is 4.56. The lowest BCUT2D eigenvalue weighted by Gasteiger charge is -2.13. The lowest BCUT2D eigenvalue weighted by atomic mass is 9.96. The first-order chi connectivity index (χ1) is 14.1. The van der Waals surface area contributed by atoms with Crippen molar-refractivity contribution in [3.63, 3.8) is 0 Å². The van der Waals surface area contributed by atoms with Crippen LogP contribution in [0.1, 0.15) is 25.0 Å². The average molecular weight is 434 g/mol. The van der Waals surface area contributed by atoms with Gasteiger partial charge in [0.2, 0.25) is 21.9 Å². The Labute approximate surface area is 172 Å². The van der Waals surface area contributed by atoms with Crippen molar-refractivity contribution in [3.05, 3.63) is 65.2 Å². The molecule has 3 rings (SSSR count). The fourth-order valence-electron chi connectivity index (χ4n) is 2.95. The van der Waals surface area contributed by atoms with Crippen LogP contribution in [0.4, 0.5) is 14.7 Å². The largest absolute Gasteiger partial charge is 0.368 e. The van der Waals surface area contributed by atoms with E-state index in [1.54, 1.807) is 0 Å². The van der Waals surface area contributed by atoms with Gasteiger partial charge >= 0.3 is 0 Å². The van der Waals surface area contributed by atoms with Gasteiger partial charge < -0.3 is 11.1 Å². The highest BCUT2D eigenvalue weighted by atomic mass is 32.2. The summed E-state index contributed by atoms with van der Waals surface area (Å²) in [6, 6.07) is 8.06. The van der Waals surface area contributed by atoms with E-state index in [4.69, 9.17) is 5.73 Å². The number of nitrogens with one attached hydrogen (secondary N) is 1. The number of nitrogen functional groups attached to an aromatic ring is 1. The van der Waals surface area contributed by atoms with Crippen molar-refractivity contribution in [1.29, 1.82) is 0 Å². The standard InChI is InChI=1S/C20H20F2N4O3S/c1-11(2)30(28,29)26-17-9-12(7-8-16(17)25-20(26)23)14(10-18(27)24-3)13-5-4-6-15(21)19(13)22/h4-11H,1-3H3,(H2,23,25)(H,24,27). The van der Waals surface area contributed by atoms with Gasteiger partial charge in [0.1, 0.15) is 0 Å². The summed E-state index contributed by atoms with van der Waals surface area (Å²) in [5, 5.41) is 1.62. The first kappa shape index (κ1) is 21.4. The number of fused-ring (bicyclic) bond motifs is 1. The Hall–Kier alpha value is -3.27. The van der Waals surface area contributed by atoms with E-state index in [0.29, 0.717) is 5.52 Å². The minimum atomic E-state index is -3.84. The van der Waals surface area contributed by atoms with Crippen LogP contribution in [-0.4, -0.2) is 35.6 Å². The predicted octanol–water partition coefficient (Wildman–Crippen LogP) is 2.66. The van der Waals surface area contributed by atoms with E-state index in [0.717, 1.165) is 16.1 Å². The van der Waals surface area contributed by atoms with Gasteiger partial charge in [-0.1, -0.05) is 18.2 Å². The van der Waals surface area contributed by atoms with E-state index in [9.17, 15) is 22.0 Å².